The summed E-state index contributed by atoms with van der Waals surface area (Å²) in [6, 6.07) is 35.4. The van der Waals surface area contributed by atoms with Crippen LogP contribution in [0.15, 0.2) is 97.3 Å². The third kappa shape index (κ3) is 4.38. The van der Waals surface area contributed by atoms with Crippen molar-refractivity contribution < 1.29 is 25.8 Å². The summed E-state index contributed by atoms with van der Waals surface area (Å²) < 4.78 is 8.13. The maximum absolute atomic E-state index is 5.97. The normalized spacial score (nSPS) is 10.9. The number of ether oxygens (including phenoxy) is 1. The van der Waals surface area contributed by atoms with E-state index in [0.717, 1.165) is 39.8 Å². The van der Waals surface area contributed by atoms with Gasteiger partial charge in [-0.25, -0.2) is 21.1 Å². The molecular weight excluding hydrogens is 613 g/mol. The van der Waals surface area contributed by atoms with Crippen LogP contribution < -0.4 is 4.74 Å². The zero-order valence-electron chi connectivity index (χ0n) is 19.0. The summed E-state index contributed by atoms with van der Waals surface area (Å²) in [6.45, 7) is 2.11. The molecule has 0 aliphatic rings. The van der Waals surface area contributed by atoms with Crippen LogP contribution in [-0.4, -0.2) is 14.5 Å². The zero-order valence-corrected chi connectivity index (χ0v) is 21.3. The fraction of sp³-hybridized carbons (Fsp3) is 0.0667. The first-order valence-corrected chi connectivity index (χ1v) is 11.3. The summed E-state index contributed by atoms with van der Waals surface area (Å²) in [5.74, 6) is 2.04. The van der Waals surface area contributed by atoms with Gasteiger partial charge in [0.15, 0.2) is 0 Å². The topological polar surface area (TPSA) is 39.9 Å². The number of hydrogen-bond donors (Lipinski definition) is 0. The van der Waals surface area contributed by atoms with Gasteiger partial charge in [-0.2, -0.15) is 24.3 Å². The van der Waals surface area contributed by atoms with Crippen LogP contribution in [0.2, 0.25) is 0 Å². The van der Waals surface area contributed by atoms with E-state index in [2.05, 4.69) is 70.0 Å². The smallest absolute Gasteiger partial charge is 0.460 e. The van der Waals surface area contributed by atoms with E-state index >= 15 is 0 Å². The number of benzene rings is 3. The summed E-state index contributed by atoms with van der Waals surface area (Å²) in [5.41, 5.74) is 5.10. The maximum Gasteiger partial charge on any atom is 2.00 e. The van der Waals surface area contributed by atoms with Crippen LogP contribution in [0.5, 0.6) is 11.6 Å². The predicted octanol–water partition coefficient (Wildman–Crippen LogP) is 7.19. The van der Waals surface area contributed by atoms with Crippen molar-refractivity contribution in [1.82, 2.24) is 14.5 Å². The van der Waals surface area contributed by atoms with E-state index in [1.807, 2.05) is 60.9 Å². The Labute approximate surface area is 218 Å². The van der Waals surface area contributed by atoms with E-state index in [-0.39, 0.29) is 21.1 Å². The number of aromatic nitrogens is 3. The number of aryl methyl sites for hydroxylation is 1. The molecule has 3 aromatic carbocycles. The van der Waals surface area contributed by atoms with Crippen molar-refractivity contribution in [3.05, 3.63) is 115 Å². The van der Waals surface area contributed by atoms with E-state index in [0.29, 0.717) is 11.6 Å². The molecule has 0 radical (unpaired) electrons. The van der Waals surface area contributed by atoms with Crippen molar-refractivity contribution >= 4 is 21.8 Å². The van der Waals surface area contributed by atoms with E-state index in [4.69, 9.17) is 4.74 Å². The van der Waals surface area contributed by atoms with Crippen LogP contribution in [0.3, 0.4) is 0 Å². The van der Waals surface area contributed by atoms with Crippen LogP contribution in [0.1, 0.15) is 12.5 Å². The Morgan fingerprint density at radius 3 is 2.43 bits per heavy atom. The second-order valence-corrected chi connectivity index (χ2v) is 8.06. The first-order chi connectivity index (χ1) is 16.8. The monoisotopic (exact) mass is 634 g/mol. The van der Waals surface area contributed by atoms with Crippen LogP contribution in [0, 0.1) is 12.1 Å². The van der Waals surface area contributed by atoms with Crippen molar-refractivity contribution in [2.75, 3.05) is 0 Å². The van der Waals surface area contributed by atoms with Gasteiger partial charge in [0.05, 0.1) is 0 Å². The Kier molecular flexibility index (Phi) is 6.48. The molecule has 0 aliphatic carbocycles. The van der Waals surface area contributed by atoms with Crippen LogP contribution >= 0.6 is 0 Å². The molecule has 172 valence electrons. The number of nitrogens with zero attached hydrogens (tertiary/aromatic N) is 3. The molecule has 0 aliphatic heterocycles. The second kappa shape index (κ2) is 9.85. The molecule has 0 bridgehead atoms. The van der Waals surface area contributed by atoms with E-state index in [1.165, 1.54) is 10.9 Å². The minimum atomic E-state index is 0. The van der Waals surface area contributed by atoms with Gasteiger partial charge in [0.2, 0.25) is 5.88 Å². The number of para-hydroxylation sites is 1. The number of hydrogen-bond acceptors (Lipinski definition) is 3. The van der Waals surface area contributed by atoms with E-state index in [9.17, 15) is 0 Å². The van der Waals surface area contributed by atoms with Gasteiger partial charge < -0.3 is 9.30 Å². The van der Waals surface area contributed by atoms with Crippen molar-refractivity contribution in [2.45, 2.75) is 13.3 Å². The predicted molar refractivity (Wildman–Crippen MR) is 135 cm³/mol. The quantitative estimate of drug-likeness (QED) is 0.189. The molecule has 0 unspecified atom stereocenters. The molecule has 0 amide bonds. The number of pyridine rings is 2. The van der Waals surface area contributed by atoms with Gasteiger partial charge in [0, 0.05) is 29.7 Å². The Morgan fingerprint density at radius 2 is 1.63 bits per heavy atom. The first-order valence-electron chi connectivity index (χ1n) is 11.3. The molecule has 35 heavy (non-hydrogen) atoms. The van der Waals surface area contributed by atoms with E-state index in [1.54, 1.807) is 0 Å². The number of fused-ring (bicyclic) bond motifs is 3. The Balaban J connectivity index is 0.00000253. The SMILES string of the molecule is CCc1ccc(Oc2[c-]c(-c3[c-]c4c(cc3)c3ccccc3n4-c3ccccn3)ccc2)nc1.[Pt+2]. The van der Waals surface area contributed by atoms with Crippen molar-refractivity contribution in [1.29, 1.82) is 0 Å². The molecule has 0 fully saturated rings. The molecule has 6 aromatic rings. The van der Waals surface area contributed by atoms with Gasteiger partial charge in [0.25, 0.3) is 0 Å². The van der Waals surface area contributed by atoms with Gasteiger partial charge in [-0.1, -0.05) is 42.6 Å². The average molecular weight is 635 g/mol. The minimum absolute atomic E-state index is 0. The van der Waals surface area contributed by atoms with Crippen molar-refractivity contribution in [3.63, 3.8) is 0 Å². The summed E-state index contributed by atoms with van der Waals surface area (Å²) in [6.07, 6.45) is 4.61. The Bertz CT molecular complexity index is 1610. The molecular formula is C30H21N3OPt. The van der Waals surface area contributed by atoms with Crippen LogP contribution in [0.4, 0.5) is 0 Å². The van der Waals surface area contributed by atoms with Crippen molar-refractivity contribution in [3.8, 4) is 28.6 Å². The van der Waals surface area contributed by atoms with Crippen molar-refractivity contribution in [2.24, 2.45) is 0 Å². The first kappa shape index (κ1) is 23.0. The Hall–Kier alpha value is -3.75. The van der Waals surface area contributed by atoms with Gasteiger partial charge in [-0.05, 0) is 41.1 Å². The summed E-state index contributed by atoms with van der Waals surface area (Å²) >= 11 is 0. The molecule has 3 heterocycles. The molecule has 0 saturated heterocycles. The Morgan fingerprint density at radius 1 is 0.771 bits per heavy atom. The molecule has 0 spiro atoms. The second-order valence-electron chi connectivity index (χ2n) is 8.06. The van der Waals surface area contributed by atoms with E-state index < -0.39 is 0 Å². The summed E-state index contributed by atoms with van der Waals surface area (Å²) in [5, 5.41) is 2.31. The van der Waals surface area contributed by atoms with Crippen LogP contribution in [-0.2, 0) is 27.5 Å². The van der Waals surface area contributed by atoms with Crippen LogP contribution in [0.25, 0.3) is 38.8 Å². The van der Waals surface area contributed by atoms with Gasteiger partial charge in [-0.3, -0.25) is 0 Å². The molecule has 3 aromatic heterocycles. The van der Waals surface area contributed by atoms with Gasteiger partial charge in [0.1, 0.15) is 5.82 Å². The minimum Gasteiger partial charge on any atom is -0.460 e. The molecule has 0 atom stereocenters. The fourth-order valence-electron chi connectivity index (χ4n) is 4.23. The molecule has 6 rings (SSSR count). The summed E-state index contributed by atoms with van der Waals surface area (Å²) in [7, 11) is 0. The molecule has 0 N–H and O–H groups in total. The molecule has 5 heteroatoms. The third-order valence-corrected chi connectivity index (χ3v) is 5.94. The third-order valence-electron chi connectivity index (χ3n) is 5.94. The zero-order chi connectivity index (χ0) is 22.9. The van der Waals surface area contributed by atoms with Gasteiger partial charge in [-0.15, -0.1) is 18.2 Å². The standard InChI is InChI=1S/C30H21N3O.Pt/c1-2-21-13-16-30(32-20-21)34-24-9-7-8-22(18-24)23-14-15-26-25-10-3-4-11-27(25)33(28(26)19-23)29-12-5-6-17-31-29;/h3-17,20H,2H2,1H3;/q-2;+2. The number of rotatable bonds is 5. The fourth-order valence-corrected chi connectivity index (χ4v) is 4.23. The largest absolute Gasteiger partial charge is 2.00 e. The molecule has 0 saturated carbocycles. The maximum atomic E-state index is 5.97. The summed E-state index contributed by atoms with van der Waals surface area (Å²) in [4.78, 5) is 9.00. The van der Waals surface area contributed by atoms with Gasteiger partial charge >= 0.3 is 21.1 Å². The molecule has 4 nitrogen and oxygen atoms in total. The average Bonchev–Trinajstić information content (AvgIpc) is 3.23.